The summed E-state index contributed by atoms with van der Waals surface area (Å²) in [7, 11) is 0. The molecule has 0 spiro atoms. The van der Waals surface area contributed by atoms with Crippen LogP contribution in [-0.2, 0) is 0 Å². The summed E-state index contributed by atoms with van der Waals surface area (Å²) in [6.07, 6.45) is 2.28. The SMILES string of the molecule is O=Cc1nccc2nc(Cl)c(-c3ccccc3)cc12. The first-order valence-corrected chi connectivity index (χ1v) is 6.13. The van der Waals surface area contributed by atoms with Gasteiger partial charge in [-0.05, 0) is 17.7 Å². The average molecular weight is 269 g/mol. The number of carbonyl (C=O) groups excluding carboxylic acids is 1. The number of pyridine rings is 2. The van der Waals surface area contributed by atoms with Crippen molar-refractivity contribution in [2.45, 2.75) is 0 Å². The van der Waals surface area contributed by atoms with E-state index in [1.165, 1.54) is 0 Å². The van der Waals surface area contributed by atoms with E-state index in [1.807, 2.05) is 36.4 Å². The Hall–Kier alpha value is -2.26. The van der Waals surface area contributed by atoms with Gasteiger partial charge in [0.2, 0.25) is 0 Å². The fraction of sp³-hybridized carbons (Fsp3) is 0. The van der Waals surface area contributed by atoms with Crippen LogP contribution in [0.5, 0.6) is 0 Å². The van der Waals surface area contributed by atoms with Crippen LogP contribution >= 0.6 is 11.6 Å². The quantitative estimate of drug-likeness (QED) is 0.525. The largest absolute Gasteiger partial charge is 0.296 e. The van der Waals surface area contributed by atoms with Gasteiger partial charge in [0.1, 0.15) is 10.8 Å². The highest BCUT2D eigenvalue weighted by Gasteiger charge is 2.09. The number of fused-ring (bicyclic) bond motifs is 1. The van der Waals surface area contributed by atoms with Crippen LogP contribution in [0.2, 0.25) is 5.15 Å². The maximum atomic E-state index is 11.0. The lowest BCUT2D eigenvalue weighted by molar-refractivity contribution is 0.112. The van der Waals surface area contributed by atoms with Gasteiger partial charge in [0.15, 0.2) is 6.29 Å². The monoisotopic (exact) mass is 268 g/mol. The van der Waals surface area contributed by atoms with Crippen molar-refractivity contribution in [3.8, 4) is 11.1 Å². The van der Waals surface area contributed by atoms with Gasteiger partial charge >= 0.3 is 0 Å². The third kappa shape index (κ3) is 2.09. The molecule has 1 aromatic carbocycles. The molecule has 0 amide bonds. The van der Waals surface area contributed by atoms with Gasteiger partial charge in [0, 0.05) is 17.1 Å². The van der Waals surface area contributed by atoms with Gasteiger partial charge in [0.25, 0.3) is 0 Å². The standard InChI is InChI=1S/C15H9ClN2O/c16-15-11(10-4-2-1-3-5-10)8-12-13(18-15)6-7-17-14(12)9-19/h1-9H. The lowest BCUT2D eigenvalue weighted by Crippen LogP contribution is -1.92. The van der Waals surface area contributed by atoms with E-state index in [2.05, 4.69) is 9.97 Å². The smallest absolute Gasteiger partial charge is 0.169 e. The number of halogens is 1. The van der Waals surface area contributed by atoms with E-state index in [4.69, 9.17) is 11.6 Å². The number of rotatable bonds is 2. The molecule has 0 unspecified atom stereocenters. The Balaban J connectivity index is 2.32. The molecule has 3 nitrogen and oxygen atoms in total. The maximum absolute atomic E-state index is 11.0. The molecule has 0 aliphatic rings. The zero-order valence-corrected chi connectivity index (χ0v) is 10.6. The summed E-state index contributed by atoms with van der Waals surface area (Å²) in [5.41, 5.74) is 2.80. The molecule has 92 valence electrons. The van der Waals surface area contributed by atoms with Crippen molar-refractivity contribution in [1.29, 1.82) is 0 Å². The molecule has 0 radical (unpaired) electrons. The number of nitrogens with zero attached hydrogens (tertiary/aromatic N) is 2. The van der Waals surface area contributed by atoms with Crippen LogP contribution in [-0.4, -0.2) is 16.3 Å². The van der Waals surface area contributed by atoms with Crippen molar-refractivity contribution in [3.63, 3.8) is 0 Å². The molecule has 0 bridgehead atoms. The zero-order chi connectivity index (χ0) is 13.2. The van der Waals surface area contributed by atoms with Crippen LogP contribution in [0.15, 0.2) is 48.7 Å². The normalized spacial score (nSPS) is 10.6. The second-order valence-corrected chi connectivity index (χ2v) is 4.43. The minimum absolute atomic E-state index is 0.374. The lowest BCUT2D eigenvalue weighted by Gasteiger charge is -2.07. The van der Waals surface area contributed by atoms with E-state index in [1.54, 1.807) is 12.3 Å². The third-order valence-corrected chi connectivity index (χ3v) is 3.21. The van der Waals surface area contributed by atoms with E-state index >= 15 is 0 Å². The average Bonchev–Trinajstić information content (AvgIpc) is 2.46. The molecule has 19 heavy (non-hydrogen) atoms. The highest BCUT2D eigenvalue weighted by Crippen LogP contribution is 2.30. The van der Waals surface area contributed by atoms with Crippen LogP contribution < -0.4 is 0 Å². The molecule has 2 heterocycles. The van der Waals surface area contributed by atoms with E-state index in [0.29, 0.717) is 21.7 Å². The fourth-order valence-electron chi connectivity index (χ4n) is 2.01. The fourth-order valence-corrected chi connectivity index (χ4v) is 2.26. The molecular formula is C15H9ClN2O. The lowest BCUT2D eigenvalue weighted by atomic mass is 10.1. The molecule has 3 rings (SSSR count). The minimum Gasteiger partial charge on any atom is -0.296 e. The number of hydrogen-bond donors (Lipinski definition) is 0. The van der Waals surface area contributed by atoms with Crippen molar-refractivity contribution >= 4 is 28.8 Å². The van der Waals surface area contributed by atoms with Gasteiger partial charge in [-0.25, -0.2) is 4.98 Å². The number of aldehydes is 1. The van der Waals surface area contributed by atoms with Crippen LogP contribution in [0, 0.1) is 0 Å². The summed E-state index contributed by atoms with van der Waals surface area (Å²) in [6, 6.07) is 13.3. The highest BCUT2D eigenvalue weighted by atomic mass is 35.5. The van der Waals surface area contributed by atoms with E-state index in [-0.39, 0.29) is 0 Å². The van der Waals surface area contributed by atoms with Gasteiger partial charge in [-0.15, -0.1) is 0 Å². The van der Waals surface area contributed by atoms with Crippen molar-refractivity contribution < 1.29 is 4.79 Å². The Morgan fingerprint density at radius 1 is 1.11 bits per heavy atom. The number of carbonyl (C=O) groups is 1. The van der Waals surface area contributed by atoms with Crippen molar-refractivity contribution in [1.82, 2.24) is 9.97 Å². The molecule has 0 N–H and O–H groups in total. The first-order valence-electron chi connectivity index (χ1n) is 5.75. The number of benzene rings is 1. The van der Waals surface area contributed by atoms with E-state index in [0.717, 1.165) is 17.4 Å². The third-order valence-electron chi connectivity index (χ3n) is 2.92. The topological polar surface area (TPSA) is 42.9 Å². The van der Waals surface area contributed by atoms with Crippen LogP contribution in [0.4, 0.5) is 0 Å². The van der Waals surface area contributed by atoms with Crippen LogP contribution in [0.1, 0.15) is 10.5 Å². The molecule has 2 aromatic heterocycles. The summed E-state index contributed by atoms with van der Waals surface area (Å²) >= 11 is 6.21. The Bertz CT molecular complexity index is 757. The summed E-state index contributed by atoms with van der Waals surface area (Å²) in [5.74, 6) is 0. The molecule has 0 atom stereocenters. The minimum atomic E-state index is 0.374. The summed E-state index contributed by atoms with van der Waals surface area (Å²) in [6.45, 7) is 0. The second kappa shape index (κ2) is 4.78. The maximum Gasteiger partial charge on any atom is 0.169 e. The van der Waals surface area contributed by atoms with Crippen LogP contribution in [0.3, 0.4) is 0 Å². The summed E-state index contributed by atoms with van der Waals surface area (Å²) < 4.78 is 0. The number of hydrogen-bond acceptors (Lipinski definition) is 3. The van der Waals surface area contributed by atoms with Crippen molar-refractivity contribution in [2.75, 3.05) is 0 Å². The Kier molecular flexibility index (Phi) is 2.97. The molecule has 0 aliphatic heterocycles. The molecular weight excluding hydrogens is 260 g/mol. The molecule has 0 saturated carbocycles. The van der Waals surface area contributed by atoms with Gasteiger partial charge in [-0.1, -0.05) is 41.9 Å². The predicted molar refractivity (Wildman–Crippen MR) is 75.4 cm³/mol. The van der Waals surface area contributed by atoms with Crippen LogP contribution in [0.25, 0.3) is 22.0 Å². The first kappa shape index (κ1) is 11.8. The number of aromatic nitrogens is 2. The van der Waals surface area contributed by atoms with Gasteiger partial charge < -0.3 is 0 Å². The zero-order valence-electron chi connectivity index (χ0n) is 9.88. The molecule has 0 saturated heterocycles. The molecule has 0 aliphatic carbocycles. The van der Waals surface area contributed by atoms with Gasteiger partial charge in [-0.2, -0.15) is 0 Å². The van der Waals surface area contributed by atoms with Gasteiger partial charge in [0.05, 0.1) is 5.52 Å². The summed E-state index contributed by atoms with van der Waals surface area (Å²) in [4.78, 5) is 19.4. The Labute approximate surface area is 114 Å². The van der Waals surface area contributed by atoms with Gasteiger partial charge in [-0.3, -0.25) is 9.78 Å². The molecule has 4 heteroatoms. The summed E-state index contributed by atoms with van der Waals surface area (Å²) in [5, 5.41) is 1.13. The van der Waals surface area contributed by atoms with Crippen molar-refractivity contribution in [3.05, 3.63) is 59.5 Å². The van der Waals surface area contributed by atoms with E-state index in [9.17, 15) is 4.79 Å². The highest BCUT2D eigenvalue weighted by molar-refractivity contribution is 6.32. The first-order chi connectivity index (χ1) is 9.29. The Morgan fingerprint density at radius 3 is 2.63 bits per heavy atom. The second-order valence-electron chi connectivity index (χ2n) is 4.07. The van der Waals surface area contributed by atoms with E-state index < -0.39 is 0 Å². The van der Waals surface area contributed by atoms with Crippen molar-refractivity contribution in [2.24, 2.45) is 0 Å². The Morgan fingerprint density at radius 2 is 1.89 bits per heavy atom. The molecule has 0 fully saturated rings. The molecule has 3 aromatic rings. The predicted octanol–water partition coefficient (Wildman–Crippen LogP) is 3.76.